The van der Waals surface area contributed by atoms with Gasteiger partial charge in [0.1, 0.15) is 11.5 Å². The number of ketones is 1. The third-order valence-corrected chi connectivity index (χ3v) is 6.50. The number of hydrogen-bond donors (Lipinski definition) is 1. The molecule has 1 fully saturated rings. The number of Topliss-reactive ketones (excluding diaryl/α,β-unsaturated/α-hetero) is 1. The molecule has 3 rings (SSSR count). The number of carbonyl (C=O) groups is 2. The van der Waals surface area contributed by atoms with Gasteiger partial charge in [-0.25, -0.2) is 0 Å². The summed E-state index contributed by atoms with van der Waals surface area (Å²) >= 11 is 1.47. The van der Waals surface area contributed by atoms with Gasteiger partial charge in [0.2, 0.25) is 0 Å². The second kappa shape index (κ2) is 9.66. The smallest absolute Gasteiger partial charge is 0.295 e. The molecule has 2 heterocycles. The number of nitrogens with zero attached hydrogens (tertiary/aromatic N) is 1. The van der Waals surface area contributed by atoms with Gasteiger partial charge in [-0.3, -0.25) is 9.59 Å². The summed E-state index contributed by atoms with van der Waals surface area (Å²) < 4.78 is 10.9. The fraction of sp³-hybridized carbons (Fsp3) is 0.417. The summed E-state index contributed by atoms with van der Waals surface area (Å²) in [6, 6.07) is 6.69. The van der Waals surface area contributed by atoms with Crippen molar-refractivity contribution in [1.82, 2.24) is 4.90 Å². The first kappa shape index (κ1) is 23.0. The van der Waals surface area contributed by atoms with Crippen molar-refractivity contribution in [2.75, 3.05) is 26.9 Å². The fourth-order valence-corrected chi connectivity index (χ4v) is 4.87. The van der Waals surface area contributed by atoms with Crippen LogP contribution < -0.4 is 4.74 Å². The van der Waals surface area contributed by atoms with Crippen LogP contribution in [0.1, 0.15) is 54.3 Å². The molecule has 0 saturated carbocycles. The molecular formula is C24H29NO5S. The number of methoxy groups -OCH3 is 1. The Kier molecular flexibility index (Phi) is 7.18. The van der Waals surface area contributed by atoms with Crippen LogP contribution in [0.5, 0.6) is 5.75 Å². The van der Waals surface area contributed by atoms with E-state index in [4.69, 9.17) is 9.47 Å². The van der Waals surface area contributed by atoms with E-state index in [2.05, 4.69) is 0 Å². The quantitative estimate of drug-likeness (QED) is 0.365. The molecule has 1 amide bonds. The molecule has 1 N–H and O–H groups in total. The lowest BCUT2D eigenvalue weighted by Gasteiger charge is -2.24. The lowest BCUT2D eigenvalue weighted by atomic mass is 9.95. The summed E-state index contributed by atoms with van der Waals surface area (Å²) in [6.07, 6.45) is 0. The van der Waals surface area contributed by atoms with Gasteiger partial charge >= 0.3 is 0 Å². The summed E-state index contributed by atoms with van der Waals surface area (Å²) in [5.74, 6) is -0.548. The van der Waals surface area contributed by atoms with Crippen LogP contribution in [-0.2, 0) is 14.3 Å². The van der Waals surface area contributed by atoms with Crippen LogP contribution in [0.15, 0.2) is 35.2 Å². The van der Waals surface area contributed by atoms with Gasteiger partial charge in [0.25, 0.3) is 11.7 Å². The molecule has 1 saturated heterocycles. The van der Waals surface area contributed by atoms with Gasteiger partial charge in [-0.15, -0.1) is 11.3 Å². The van der Waals surface area contributed by atoms with Crippen molar-refractivity contribution in [1.29, 1.82) is 0 Å². The fourth-order valence-electron chi connectivity index (χ4n) is 3.83. The zero-order valence-corrected chi connectivity index (χ0v) is 19.4. The van der Waals surface area contributed by atoms with E-state index >= 15 is 0 Å². The Bertz CT molecular complexity index is 1010. The SMILES string of the molecule is CCOc1ccc(/C(O)=C2/C(=O)C(=O)N(CCOC)C2c2sccc2C)cc1C(C)C. The summed E-state index contributed by atoms with van der Waals surface area (Å²) in [5, 5.41) is 13.2. The molecule has 0 radical (unpaired) electrons. The van der Waals surface area contributed by atoms with Gasteiger partial charge < -0.3 is 19.5 Å². The third-order valence-electron chi connectivity index (χ3n) is 5.43. The van der Waals surface area contributed by atoms with Crippen molar-refractivity contribution < 1.29 is 24.2 Å². The molecule has 0 aliphatic carbocycles. The standard InChI is InChI=1S/C24H29NO5S/c1-6-30-18-8-7-16(13-17(18)14(2)3)21(26)19-20(23-15(4)9-12-31-23)25(10-11-29-5)24(28)22(19)27/h7-9,12-14,20,26H,6,10-11H2,1-5H3/b21-19-. The molecule has 0 spiro atoms. The van der Waals surface area contributed by atoms with Gasteiger partial charge in [0.05, 0.1) is 24.8 Å². The molecule has 166 valence electrons. The minimum Gasteiger partial charge on any atom is -0.507 e. The number of carbonyl (C=O) groups excluding carboxylic acids is 2. The average molecular weight is 444 g/mol. The van der Waals surface area contributed by atoms with Gasteiger partial charge in [-0.1, -0.05) is 13.8 Å². The molecule has 31 heavy (non-hydrogen) atoms. The Balaban J connectivity index is 2.17. The number of amides is 1. The van der Waals surface area contributed by atoms with Crippen molar-refractivity contribution in [3.05, 3.63) is 56.8 Å². The van der Waals surface area contributed by atoms with Gasteiger partial charge in [-0.2, -0.15) is 0 Å². The van der Waals surface area contributed by atoms with Crippen LogP contribution >= 0.6 is 11.3 Å². The number of thiophene rings is 1. The Morgan fingerprint density at radius 3 is 2.58 bits per heavy atom. The Hall–Kier alpha value is -2.64. The molecule has 7 heteroatoms. The number of aliphatic hydroxyl groups is 1. The Morgan fingerprint density at radius 1 is 1.26 bits per heavy atom. The largest absolute Gasteiger partial charge is 0.507 e. The lowest BCUT2D eigenvalue weighted by molar-refractivity contribution is -0.140. The number of likely N-dealkylation sites (tertiary alicyclic amines) is 1. The minimum absolute atomic E-state index is 0.116. The highest BCUT2D eigenvalue weighted by molar-refractivity contribution is 7.10. The number of ether oxygens (including phenoxy) is 2. The third kappa shape index (κ3) is 4.38. The molecule has 2 aromatic rings. The topological polar surface area (TPSA) is 76.1 Å². The van der Waals surface area contributed by atoms with Gasteiger partial charge in [-0.05, 0) is 60.5 Å². The van der Waals surface area contributed by atoms with Crippen LogP contribution in [0.25, 0.3) is 5.76 Å². The van der Waals surface area contributed by atoms with Gasteiger partial charge in [0, 0.05) is 24.1 Å². The summed E-state index contributed by atoms with van der Waals surface area (Å²) in [6.45, 7) is 9.04. The van der Waals surface area contributed by atoms with Crippen LogP contribution in [0.2, 0.25) is 0 Å². The van der Waals surface area contributed by atoms with E-state index in [-0.39, 0.29) is 23.8 Å². The number of hydrogen-bond acceptors (Lipinski definition) is 6. The molecule has 1 aromatic carbocycles. The maximum Gasteiger partial charge on any atom is 0.295 e. The van der Waals surface area contributed by atoms with Crippen LogP contribution in [0.4, 0.5) is 0 Å². The highest BCUT2D eigenvalue weighted by Crippen LogP contribution is 2.43. The van der Waals surface area contributed by atoms with Crippen molar-refractivity contribution in [3.8, 4) is 5.75 Å². The number of benzene rings is 1. The maximum atomic E-state index is 13.0. The highest BCUT2D eigenvalue weighted by atomic mass is 32.1. The summed E-state index contributed by atoms with van der Waals surface area (Å²) in [4.78, 5) is 28.2. The van der Waals surface area contributed by atoms with Crippen molar-refractivity contribution in [2.24, 2.45) is 0 Å². The first-order valence-electron chi connectivity index (χ1n) is 10.4. The van der Waals surface area contributed by atoms with Crippen molar-refractivity contribution in [3.63, 3.8) is 0 Å². The Morgan fingerprint density at radius 2 is 2.00 bits per heavy atom. The maximum absolute atomic E-state index is 13.0. The second-order valence-electron chi connectivity index (χ2n) is 7.79. The van der Waals surface area contributed by atoms with Crippen LogP contribution in [0, 0.1) is 6.92 Å². The number of aryl methyl sites for hydroxylation is 1. The van der Waals surface area contributed by atoms with E-state index in [1.54, 1.807) is 19.2 Å². The monoisotopic (exact) mass is 443 g/mol. The van der Waals surface area contributed by atoms with E-state index in [1.165, 1.54) is 16.2 Å². The van der Waals surface area contributed by atoms with E-state index in [0.717, 1.165) is 21.8 Å². The summed E-state index contributed by atoms with van der Waals surface area (Å²) in [7, 11) is 1.55. The minimum atomic E-state index is -0.675. The van der Waals surface area contributed by atoms with Crippen molar-refractivity contribution >= 4 is 28.8 Å². The molecule has 1 aliphatic heterocycles. The van der Waals surface area contributed by atoms with Crippen LogP contribution in [-0.4, -0.2) is 48.6 Å². The zero-order valence-electron chi connectivity index (χ0n) is 18.6. The molecule has 1 aromatic heterocycles. The van der Waals surface area contributed by atoms with Crippen LogP contribution in [0.3, 0.4) is 0 Å². The normalized spacial score (nSPS) is 18.3. The lowest BCUT2D eigenvalue weighted by Crippen LogP contribution is -2.32. The second-order valence-corrected chi connectivity index (χ2v) is 8.74. The predicted molar refractivity (Wildman–Crippen MR) is 122 cm³/mol. The number of rotatable bonds is 8. The van der Waals surface area contributed by atoms with Gasteiger partial charge in [0.15, 0.2) is 0 Å². The highest BCUT2D eigenvalue weighted by Gasteiger charge is 2.46. The number of aliphatic hydroxyl groups excluding tert-OH is 1. The predicted octanol–water partition coefficient (Wildman–Crippen LogP) is 4.65. The molecule has 1 atom stereocenters. The molecule has 1 unspecified atom stereocenters. The molecule has 1 aliphatic rings. The van der Waals surface area contributed by atoms with Crippen molar-refractivity contribution in [2.45, 2.75) is 39.7 Å². The average Bonchev–Trinajstić information content (AvgIpc) is 3.27. The molecule has 0 bridgehead atoms. The Labute approximate surface area is 187 Å². The zero-order chi connectivity index (χ0) is 22.7. The van der Waals surface area contributed by atoms with E-state index in [1.807, 2.05) is 45.2 Å². The first-order valence-corrected chi connectivity index (χ1v) is 11.3. The summed E-state index contributed by atoms with van der Waals surface area (Å²) in [5.41, 5.74) is 2.52. The van der Waals surface area contributed by atoms with E-state index in [9.17, 15) is 14.7 Å². The first-order chi connectivity index (χ1) is 14.8. The molecule has 6 nitrogen and oxygen atoms in total. The van der Waals surface area contributed by atoms with E-state index in [0.29, 0.717) is 18.8 Å². The molecular weight excluding hydrogens is 414 g/mol. The van der Waals surface area contributed by atoms with E-state index < -0.39 is 17.7 Å².